The zero-order valence-corrected chi connectivity index (χ0v) is 14.7. The van der Waals surface area contributed by atoms with E-state index in [-0.39, 0.29) is 24.5 Å². The monoisotopic (exact) mass is 413 g/mol. The summed E-state index contributed by atoms with van der Waals surface area (Å²) in [5.74, 6) is 0.0839. The number of benzene rings is 1. The van der Waals surface area contributed by atoms with Gasteiger partial charge in [-0.05, 0) is 53.6 Å². The van der Waals surface area contributed by atoms with Crippen LogP contribution in [-0.2, 0) is 15.1 Å². The SMILES string of the molecule is C=CCN1C(=O)[C@@]2(O[C@@H](CCO)C[C@H]2C)c2cc(I)ccc21. The Morgan fingerprint density at radius 3 is 3.05 bits per heavy atom. The smallest absolute Gasteiger partial charge is 0.264 e. The summed E-state index contributed by atoms with van der Waals surface area (Å²) in [7, 11) is 0. The highest BCUT2D eigenvalue weighted by Crippen LogP contribution is 2.53. The Kier molecular flexibility index (Phi) is 4.31. The second-order valence-corrected chi connectivity index (χ2v) is 7.24. The minimum atomic E-state index is -0.903. The van der Waals surface area contributed by atoms with Crippen molar-refractivity contribution in [3.63, 3.8) is 0 Å². The molecule has 22 heavy (non-hydrogen) atoms. The number of nitrogens with zero attached hydrogens (tertiary/aromatic N) is 1. The first-order chi connectivity index (χ1) is 10.5. The van der Waals surface area contributed by atoms with Gasteiger partial charge in [0.2, 0.25) is 0 Å². The molecule has 5 heteroatoms. The van der Waals surface area contributed by atoms with E-state index in [1.807, 2.05) is 12.1 Å². The van der Waals surface area contributed by atoms with Crippen molar-refractivity contribution in [2.24, 2.45) is 5.92 Å². The Morgan fingerprint density at radius 1 is 1.59 bits per heavy atom. The highest BCUT2D eigenvalue weighted by molar-refractivity contribution is 14.1. The third-order valence-electron chi connectivity index (χ3n) is 4.64. The summed E-state index contributed by atoms with van der Waals surface area (Å²) in [6.45, 7) is 6.39. The molecule has 0 bridgehead atoms. The molecule has 1 amide bonds. The highest BCUT2D eigenvalue weighted by atomic mass is 127. The number of aliphatic hydroxyl groups is 1. The van der Waals surface area contributed by atoms with Crippen molar-refractivity contribution in [1.82, 2.24) is 0 Å². The van der Waals surface area contributed by atoms with E-state index < -0.39 is 5.60 Å². The van der Waals surface area contributed by atoms with E-state index in [9.17, 15) is 9.90 Å². The van der Waals surface area contributed by atoms with Gasteiger partial charge in [0.05, 0.1) is 11.8 Å². The first kappa shape index (κ1) is 16.0. The lowest BCUT2D eigenvalue weighted by Gasteiger charge is -2.28. The summed E-state index contributed by atoms with van der Waals surface area (Å²) >= 11 is 2.26. The van der Waals surface area contributed by atoms with Gasteiger partial charge in [-0.2, -0.15) is 0 Å². The maximum Gasteiger partial charge on any atom is 0.264 e. The van der Waals surface area contributed by atoms with Crippen molar-refractivity contribution in [3.8, 4) is 0 Å². The Hall–Kier alpha value is -0.920. The van der Waals surface area contributed by atoms with Gasteiger partial charge in [-0.25, -0.2) is 0 Å². The van der Waals surface area contributed by atoms with Crippen LogP contribution in [0.2, 0.25) is 0 Å². The number of carbonyl (C=O) groups is 1. The number of fused-ring (bicyclic) bond motifs is 2. The molecular weight excluding hydrogens is 393 g/mol. The molecule has 2 aliphatic heterocycles. The largest absolute Gasteiger partial charge is 0.396 e. The fourth-order valence-electron chi connectivity index (χ4n) is 3.67. The number of carbonyl (C=O) groups excluding carboxylic acids is 1. The normalized spacial score (nSPS) is 30.1. The number of hydrogen-bond acceptors (Lipinski definition) is 3. The maximum absolute atomic E-state index is 13.1. The van der Waals surface area contributed by atoms with Crippen molar-refractivity contribution in [1.29, 1.82) is 0 Å². The standard InChI is InChI=1S/C17H20INO3/c1-3-7-19-15-5-4-12(18)10-14(15)17(16(19)21)11(2)9-13(22-17)6-8-20/h3-5,10-11,13,20H,1,6-9H2,2H3/t11-,13+,17+/m1/s1. The van der Waals surface area contributed by atoms with Crippen LogP contribution >= 0.6 is 22.6 Å². The van der Waals surface area contributed by atoms with Crippen molar-refractivity contribution >= 4 is 34.2 Å². The van der Waals surface area contributed by atoms with Crippen molar-refractivity contribution in [2.75, 3.05) is 18.1 Å². The van der Waals surface area contributed by atoms with E-state index in [0.717, 1.165) is 21.2 Å². The topological polar surface area (TPSA) is 49.8 Å². The zero-order valence-electron chi connectivity index (χ0n) is 12.6. The van der Waals surface area contributed by atoms with E-state index in [1.54, 1.807) is 11.0 Å². The van der Waals surface area contributed by atoms with Crippen molar-refractivity contribution in [3.05, 3.63) is 40.0 Å². The van der Waals surface area contributed by atoms with Crippen molar-refractivity contribution < 1.29 is 14.6 Å². The minimum Gasteiger partial charge on any atom is -0.396 e. The number of anilines is 1. The minimum absolute atomic E-state index is 0.00246. The van der Waals surface area contributed by atoms with E-state index >= 15 is 0 Å². The van der Waals surface area contributed by atoms with Crippen LogP contribution in [0.5, 0.6) is 0 Å². The first-order valence-corrected chi connectivity index (χ1v) is 8.64. The summed E-state index contributed by atoms with van der Waals surface area (Å²) in [4.78, 5) is 14.9. The molecule has 0 radical (unpaired) electrons. The lowest BCUT2D eigenvalue weighted by Crippen LogP contribution is -2.44. The number of amides is 1. The number of halogens is 1. The third-order valence-corrected chi connectivity index (χ3v) is 5.31. The van der Waals surface area contributed by atoms with Crippen LogP contribution in [0.3, 0.4) is 0 Å². The molecule has 118 valence electrons. The quantitative estimate of drug-likeness (QED) is 0.610. The van der Waals surface area contributed by atoms with Gasteiger partial charge in [-0.15, -0.1) is 6.58 Å². The van der Waals surface area contributed by atoms with Crippen LogP contribution in [0.25, 0.3) is 0 Å². The van der Waals surface area contributed by atoms with Crippen LogP contribution < -0.4 is 4.90 Å². The summed E-state index contributed by atoms with van der Waals surface area (Å²) in [6, 6.07) is 6.05. The lowest BCUT2D eigenvalue weighted by atomic mass is 9.83. The molecule has 0 unspecified atom stereocenters. The fourth-order valence-corrected chi connectivity index (χ4v) is 4.17. The molecule has 0 aliphatic carbocycles. The molecule has 0 saturated carbocycles. The van der Waals surface area contributed by atoms with Gasteiger partial charge in [-0.1, -0.05) is 13.0 Å². The second-order valence-electron chi connectivity index (χ2n) is 5.99. The number of aliphatic hydroxyl groups excluding tert-OH is 1. The molecule has 3 atom stereocenters. The van der Waals surface area contributed by atoms with Gasteiger partial charge in [0, 0.05) is 28.2 Å². The molecule has 0 aromatic heterocycles. The van der Waals surface area contributed by atoms with Crippen LogP contribution in [-0.4, -0.2) is 30.3 Å². The molecule has 1 aromatic carbocycles. The van der Waals surface area contributed by atoms with E-state index in [0.29, 0.717) is 13.0 Å². The van der Waals surface area contributed by atoms with E-state index in [2.05, 4.69) is 42.2 Å². The second kappa shape index (κ2) is 5.94. The summed E-state index contributed by atoms with van der Waals surface area (Å²) in [5, 5.41) is 9.20. The Morgan fingerprint density at radius 2 is 2.36 bits per heavy atom. The molecule has 2 heterocycles. The predicted molar refractivity (Wildman–Crippen MR) is 93.7 cm³/mol. The Labute approximate surface area is 144 Å². The number of hydrogen-bond donors (Lipinski definition) is 1. The maximum atomic E-state index is 13.1. The first-order valence-electron chi connectivity index (χ1n) is 7.56. The molecule has 2 aliphatic rings. The average Bonchev–Trinajstić information content (AvgIpc) is 2.92. The number of ether oxygens (including phenoxy) is 1. The van der Waals surface area contributed by atoms with Gasteiger partial charge in [0.1, 0.15) is 0 Å². The summed E-state index contributed by atoms with van der Waals surface area (Å²) in [5.41, 5.74) is 0.973. The molecule has 1 saturated heterocycles. The van der Waals surface area contributed by atoms with E-state index in [4.69, 9.17) is 4.74 Å². The van der Waals surface area contributed by atoms with Gasteiger partial charge < -0.3 is 14.7 Å². The molecule has 1 fully saturated rings. The third kappa shape index (κ3) is 2.21. The van der Waals surface area contributed by atoms with Crippen LogP contribution in [0.4, 0.5) is 5.69 Å². The van der Waals surface area contributed by atoms with Gasteiger partial charge in [-0.3, -0.25) is 4.79 Å². The molecule has 3 rings (SSSR count). The summed E-state index contributed by atoms with van der Waals surface area (Å²) in [6.07, 6.45) is 3.03. The Bertz CT molecular complexity index is 618. The Balaban J connectivity index is 2.10. The molecule has 1 N–H and O–H groups in total. The van der Waals surface area contributed by atoms with Gasteiger partial charge in [0.15, 0.2) is 5.60 Å². The van der Waals surface area contributed by atoms with E-state index in [1.165, 1.54) is 0 Å². The molecule has 1 aromatic rings. The lowest BCUT2D eigenvalue weighted by molar-refractivity contribution is -0.146. The van der Waals surface area contributed by atoms with Gasteiger partial charge >= 0.3 is 0 Å². The van der Waals surface area contributed by atoms with Crippen molar-refractivity contribution in [2.45, 2.75) is 31.5 Å². The fraction of sp³-hybridized carbons (Fsp3) is 0.471. The number of rotatable bonds is 4. The zero-order chi connectivity index (χ0) is 15.9. The molecule has 4 nitrogen and oxygen atoms in total. The average molecular weight is 413 g/mol. The van der Waals surface area contributed by atoms with Crippen LogP contribution in [0.1, 0.15) is 25.3 Å². The molecular formula is C17H20INO3. The molecule has 1 spiro atoms. The van der Waals surface area contributed by atoms with Crippen LogP contribution in [0, 0.1) is 9.49 Å². The van der Waals surface area contributed by atoms with Gasteiger partial charge in [0.25, 0.3) is 5.91 Å². The summed E-state index contributed by atoms with van der Waals surface area (Å²) < 4.78 is 7.33. The predicted octanol–water partition coefficient (Wildman–Crippen LogP) is 2.83. The highest BCUT2D eigenvalue weighted by Gasteiger charge is 2.59. The van der Waals surface area contributed by atoms with Crippen LogP contribution in [0.15, 0.2) is 30.9 Å².